The Bertz CT molecular complexity index is 606. The summed E-state index contributed by atoms with van der Waals surface area (Å²) in [5.74, 6) is 1.02. The zero-order valence-corrected chi connectivity index (χ0v) is 19.1. The van der Waals surface area contributed by atoms with E-state index in [2.05, 4.69) is 32.1 Å². The van der Waals surface area contributed by atoms with Crippen LogP contribution in [0.15, 0.2) is 21.8 Å². The molecule has 0 aromatic carbocycles. The highest BCUT2D eigenvalue weighted by Gasteiger charge is 2.32. The number of fused-ring (bicyclic) bond motifs is 1. The predicted molar refractivity (Wildman–Crippen MR) is 119 cm³/mol. The van der Waals surface area contributed by atoms with E-state index in [9.17, 15) is 0 Å². The Hall–Kier alpha value is -0.910. The molecule has 0 aliphatic carbocycles. The van der Waals surface area contributed by atoms with Gasteiger partial charge in [-0.3, -0.25) is 14.8 Å². The molecule has 0 radical (unpaired) electrons. The van der Waals surface area contributed by atoms with Gasteiger partial charge in [0, 0.05) is 57.9 Å². The molecule has 3 fully saturated rings. The minimum atomic E-state index is 0. The number of hydrogen-bond donors (Lipinski definition) is 1. The monoisotopic (exact) mass is 504 g/mol. The van der Waals surface area contributed by atoms with E-state index in [1.165, 1.54) is 19.4 Å². The van der Waals surface area contributed by atoms with E-state index in [0.29, 0.717) is 6.04 Å². The van der Waals surface area contributed by atoms with E-state index in [1.807, 2.05) is 6.07 Å². The van der Waals surface area contributed by atoms with Gasteiger partial charge in [-0.1, -0.05) is 5.16 Å². The lowest BCUT2D eigenvalue weighted by atomic mass is 10.2. The number of piperazine rings is 1. The summed E-state index contributed by atoms with van der Waals surface area (Å²) < 4.78 is 11.0. The van der Waals surface area contributed by atoms with Crippen molar-refractivity contribution in [2.24, 2.45) is 4.99 Å². The molecule has 1 N–H and O–H groups in total. The van der Waals surface area contributed by atoms with Gasteiger partial charge in [-0.05, 0) is 26.3 Å². The Labute approximate surface area is 184 Å². The normalized spacial score (nSPS) is 26.8. The second kappa shape index (κ2) is 10.7. The van der Waals surface area contributed by atoms with Crippen LogP contribution in [0.3, 0.4) is 0 Å². The molecule has 28 heavy (non-hydrogen) atoms. The number of nitrogens with one attached hydrogen (secondary N) is 1. The van der Waals surface area contributed by atoms with E-state index < -0.39 is 0 Å². The van der Waals surface area contributed by atoms with Crippen LogP contribution >= 0.6 is 24.0 Å². The van der Waals surface area contributed by atoms with Crippen LogP contribution in [0, 0.1) is 0 Å². The molecule has 0 amide bonds. The van der Waals surface area contributed by atoms with Crippen LogP contribution in [0.2, 0.25) is 0 Å². The summed E-state index contributed by atoms with van der Waals surface area (Å²) in [6.45, 7) is 11.7. The molecule has 0 saturated carbocycles. The highest BCUT2D eigenvalue weighted by molar-refractivity contribution is 14.0. The van der Waals surface area contributed by atoms with E-state index in [1.54, 1.807) is 6.26 Å². The van der Waals surface area contributed by atoms with Gasteiger partial charge in [-0.25, -0.2) is 0 Å². The number of ether oxygens (including phenoxy) is 1. The lowest BCUT2D eigenvalue weighted by molar-refractivity contribution is -0.0433. The molecule has 3 saturated heterocycles. The quantitative estimate of drug-likeness (QED) is 0.368. The zero-order valence-electron chi connectivity index (χ0n) is 16.8. The molecule has 0 spiro atoms. The summed E-state index contributed by atoms with van der Waals surface area (Å²) in [6, 6.07) is 2.59. The first-order chi connectivity index (χ1) is 13.3. The average Bonchev–Trinajstić information content (AvgIpc) is 3.37. The topological polar surface area (TPSA) is 69.4 Å². The Balaban J connectivity index is 0.00000225. The van der Waals surface area contributed by atoms with E-state index in [4.69, 9.17) is 14.3 Å². The Morgan fingerprint density at radius 3 is 2.89 bits per heavy atom. The van der Waals surface area contributed by atoms with Crippen LogP contribution in [-0.4, -0.2) is 96.9 Å². The fourth-order valence-corrected chi connectivity index (χ4v) is 4.28. The standard InChI is InChI=1S/C19H32N6O2.HI/c1-2-20-19(21-12-18-14-25-6-3-4-17(25)15-26-18)24-9-7-23(8-10-24)13-16-5-11-27-22-16;/h5,11,17-18H,2-4,6-10,12-15H2,1H3,(H,20,21);1H. The van der Waals surface area contributed by atoms with Crippen LogP contribution in [0.5, 0.6) is 0 Å². The largest absolute Gasteiger partial charge is 0.373 e. The second-order valence-corrected chi connectivity index (χ2v) is 7.69. The minimum absolute atomic E-state index is 0. The van der Waals surface area contributed by atoms with Gasteiger partial charge in [-0.15, -0.1) is 24.0 Å². The van der Waals surface area contributed by atoms with Crippen molar-refractivity contribution >= 4 is 29.9 Å². The SMILES string of the molecule is CCNC(=NCC1CN2CCCC2CO1)N1CCN(Cc2ccon2)CC1.I. The Kier molecular flexibility index (Phi) is 8.36. The van der Waals surface area contributed by atoms with Crippen LogP contribution in [0.4, 0.5) is 0 Å². The number of guanidine groups is 1. The first-order valence-electron chi connectivity index (χ1n) is 10.3. The lowest BCUT2D eigenvalue weighted by Gasteiger charge is -2.37. The maximum Gasteiger partial charge on any atom is 0.194 e. The highest BCUT2D eigenvalue weighted by atomic mass is 127. The van der Waals surface area contributed by atoms with Gasteiger partial charge in [0.15, 0.2) is 5.96 Å². The van der Waals surface area contributed by atoms with Crippen LogP contribution < -0.4 is 5.32 Å². The summed E-state index contributed by atoms with van der Waals surface area (Å²) in [6.07, 6.45) is 4.46. The van der Waals surface area contributed by atoms with E-state index in [0.717, 1.165) is 70.6 Å². The summed E-state index contributed by atoms with van der Waals surface area (Å²) in [7, 11) is 0. The van der Waals surface area contributed by atoms with E-state index in [-0.39, 0.29) is 30.1 Å². The number of morpholine rings is 1. The minimum Gasteiger partial charge on any atom is -0.373 e. The fourth-order valence-electron chi connectivity index (χ4n) is 4.28. The first-order valence-corrected chi connectivity index (χ1v) is 10.3. The molecule has 158 valence electrons. The smallest absolute Gasteiger partial charge is 0.194 e. The number of rotatable bonds is 5. The van der Waals surface area contributed by atoms with Gasteiger partial charge in [0.2, 0.25) is 0 Å². The summed E-state index contributed by atoms with van der Waals surface area (Å²) in [4.78, 5) is 12.3. The summed E-state index contributed by atoms with van der Waals surface area (Å²) in [5.41, 5.74) is 0.999. The van der Waals surface area contributed by atoms with Crippen LogP contribution in [0.25, 0.3) is 0 Å². The molecular formula is C19H33IN6O2. The number of nitrogens with zero attached hydrogens (tertiary/aromatic N) is 5. The molecule has 0 bridgehead atoms. The van der Waals surface area contributed by atoms with Gasteiger partial charge < -0.3 is 19.5 Å². The molecule has 9 heteroatoms. The van der Waals surface area contributed by atoms with Gasteiger partial charge >= 0.3 is 0 Å². The molecule has 4 rings (SSSR count). The Morgan fingerprint density at radius 1 is 1.29 bits per heavy atom. The second-order valence-electron chi connectivity index (χ2n) is 7.69. The van der Waals surface area contributed by atoms with E-state index >= 15 is 0 Å². The van der Waals surface area contributed by atoms with Crippen molar-refractivity contribution < 1.29 is 9.26 Å². The number of halogens is 1. The average molecular weight is 504 g/mol. The number of aromatic nitrogens is 1. The number of hydrogen-bond acceptors (Lipinski definition) is 6. The van der Waals surface area contributed by atoms with Crippen molar-refractivity contribution in [2.45, 2.75) is 38.5 Å². The maximum absolute atomic E-state index is 6.06. The van der Waals surface area contributed by atoms with Gasteiger partial charge in [0.05, 0.1) is 24.9 Å². The van der Waals surface area contributed by atoms with Crippen molar-refractivity contribution in [3.63, 3.8) is 0 Å². The number of aliphatic imine (C=N–C) groups is 1. The highest BCUT2D eigenvalue weighted by Crippen LogP contribution is 2.22. The predicted octanol–water partition coefficient (Wildman–Crippen LogP) is 1.24. The molecular weight excluding hydrogens is 471 g/mol. The van der Waals surface area contributed by atoms with Crippen LogP contribution in [0.1, 0.15) is 25.5 Å². The van der Waals surface area contributed by atoms with Crippen molar-refractivity contribution in [2.75, 3.05) is 59.0 Å². The van der Waals surface area contributed by atoms with Gasteiger partial charge in [-0.2, -0.15) is 0 Å². The van der Waals surface area contributed by atoms with Crippen molar-refractivity contribution in [3.05, 3.63) is 18.0 Å². The summed E-state index contributed by atoms with van der Waals surface area (Å²) >= 11 is 0. The lowest BCUT2D eigenvalue weighted by Crippen LogP contribution is -2.52. The van der Waals surface area contributed by atoms with Gasteiger partial charge in [0.25, 0.3) is 0 Å². The molecule has 8 nitrogen and oxygen atoms in total. The zero-order chi connectivity index (χ0) is 18.5. The fraction of sp³-hybridized carbons (Fsp3) is 0.789. The summed E-state index contributed by atoms with van der Waals surface area (Å²) in [5, 5.41) is 7.47. The third-order valence-electron chi connectivity index (χ3n) is 5.79. The molecule has 4 heterocycles. The molecule has 1 aromatic rings. The third kappa shape index (κ3) is 5.58. The Morgan fingerprint density at radius 2 is 2.14 bits per heavy atom. The first kappa shape index (κ1) is 21.8. The third-order valence-corrected chi connectivity index (χ3v) is 5.79. The molecule has 1 aromatic heterocycles. The molecule has 3 aliphatic rings. The van der Waals surface area contributed by atoms with Crippen molar-refractivity contribution in [1.82, 2.24) is 25.2 Å². The molecule has 2 atom stereocenters. The van der Waals surface area contributed by atoms with Crippen molar-refractivity contribution in [1.29, 1.82) is 0 Å². The molecule has 3 aliphatic heterocycles. The molecule has 2 unspecified atom stereocenters. The maximum atomic E-state index is 6.06. The van der Waals surface area contributed by atoms with Gasteiger partial charge in [0.1, 0.15) is 6.26 Å². The van der Waals surface area contributed by atoms with Crippen molar-refractivity contribution in [3.8, 4) is 0 Å². The van der Waals surface area contributed by atoms with Crippen LogP contribution in [-0.2, 0) is 11.3 Å².